The lowest BCUT2D eigenvalue weighted by Crippen LogP contribution is -2.29. The number of nitrogens with zero attached hydrogens (tertiary/aromatic N) is 1. The van der Waals surface area contributed by atoms with Crippen molar-refractivity contribution in [2.75, 3.05) is 28.6 Å². The third-order valence-corrected chi connectivity index (χ3v) is 9.72. The Labute approximate surface area is 277 Å². The number of aryl methyl sites for hydroxylation is 2. The maximum Gasteiger partial charge on any atom is 0.335 e. The molecule has 47 heavy (non-hydrogen) atoms. The van der Waals surface area contributed by atoms with Crippen LogP contribution in [0.3, 0.4) is 0 Å². The number of carbonyl (C=O) groups is 3. The van der Waals surface area contributed by atoms with Crippen LogP contribution >= 0.6 is 0 Å². The van der Waals surface area contributed by atoms with Gasteiger partial charge in [-0.3, -0.25) is 9.59 Å². The molecule has 0 spiro atoms. The fourth-order valence-corrected chi connectivity index (χ4v) is 6.71. The average molecular weight is 651 g/mol. The zero-order chi connectivity index (χ0) is 32.8. The average Bonchev–Trinajstić information content (AvgIpc) is 3.92. The van der Waals surface area contributed by atoms with Crippen LogP contribution in [0.15, 0.2) is 95.9 Å². The third kappa shape index (κ3) is 8.52. The SMILES string of the molecule is O=C(O)c1ccc(CCc2ccc(NC(=O)c3cc(N4CCCCC4)ccc3NC(=O)c3cccc(S(=O)NC4CC4)c3)cc2)cc1. The van der Waals surface area contributed by atoms with Crippen LogP contribution in [0.2, 0.25) is 0 Å². The van der Waals surface area contributed by atoms with Gasteiger partial charge in [0.2, 0.25) is 0 Å². The van der Waals surface area contributed by atoms with E-state index >= 15 is 0 Å². The number of benzene rings is 4. The minimum absolute atomic E-state index is 0.258. The topological polar surface area (TPSA) is 128 Å². The summed E-state index contributed by atoms with van der Waals surface area (Å²) >= 11 is 0. The summed E-state index contributed by atoms with van der Waals surface area (Å²) in [5.74, 6) is -1.67. The molecule has 0 radical (unpaired) electrons. The van der Waals surface area contributed by atoms with Crippen molar-refractivity contribution in [2.45, 2.75) is 55.9 Å². The van der Waals surface area contributed by atoms with E-state index in [1.807, 2.05) is 48.5 Å². The second-order valence-electron chi connectivity index (χ2n) is 12.1. The van der Waals surface area contributed by atoms with Crippen LogP contribution in [0.25, 0.3) is 0 Å². The number of hydrogen-bond donors (Lipinski definition) is 4. The number of carbonyl (C=O) groups excluding carboxylic acids is 2. The molecule has 2 fully saturated rings. The summed E-state index contributed by atoms with van der Waals surface area (Å²) in [5, 5.41) is 15.0. The molecule has 4 aromatic rings. The molecule has 4 aromatic carbocycles. The van der Waals surface area contributed by atoms with Crippen molar-refractivity contribution >= 4 is 45.8 Å². The number of hydrogen-bond acceptors (Lipinski definition) is 5. The lowest BCUT2D eigenvalue weighted by atomic mass is 10.0. The fraction of sp³-hybridized carbons (Fsp3) is 0.270. The Bertz CT molecular complexity index is 1780. The molecule has 1 saturated carbocycles. The lowest BCUT2D eigenvalue weighted by molar-refractivity contribution is 0.0696. The van der Waals surface area contributed by atoms with Crippen molar-refractivity contribution in [3.05, 3.63) is 119 Å². The van der Waals surface area contributed by atoms with Crippen LogP contribution in [-0.4, -0.2) is 46.2 Å². The van der Waals surface area contributed by atoms with Crippen molar-refractivity contribution in [1.82, 2.24) is 4.72 Å². The maximum absolute atomic E-state index is 13.7. The molecular weight excluding hydrogens is 612 g/mol. The molecule has 242 valence electrons. The highest BCUT2D eigenvalue weighted by molar-refractivity contribution is 7.83. The van der Waals surface area contributed by atoms with Crippen LogP contribution < -0.4 is 20.3 Å². The highest BCUT2D eigenvalue weighted by atomic mass is 32.2. The third-order valence-electron chi connectivity index (χ3n) is 8.49. The van der Waals surface area contributed by atoms with E-state index in [0.29, 0.717) is 27.4 Å². The van der Waals surface area contributed by atoms with E-state index in [4.69, 9.17) is 5.11 Å². The van der Waals surface area contributed by atoms with Crippen LogP contribution in [0, 0.1) is 0 Å². The standard InChI is InChI=1S/C37H38N4O5S/c42-35(28-5-4-6-32(23-28)47(46)40-30-17-18-30)39-34-20-19-31(41-21-2-1-3-22-41)24-33(34)36(43)38-29-15-11-26(12-16-29)8-7-25-9-13-27(14-10-25)37(44)45/h4-6,9-16,19-20,23-24,30,40H,1-3,7-8,17-18,21-22H2,(H,38,43)(H,39,42)(H,44,45). The summed E-state index contributed by atoms with van der Waals surface area (Å²) in [6, 6.07) is 27.1. The van der Waals surface area contributed by atoms with Gasteiger partial charge in [0.1, 0.15) is 11.0 Å². The minimum Gasteiger partial charge on any atom is -0.478 e. The van der Waals surface area contributed by atoms with E-state index in [9.17, 15) is 18.6 Å². The Kier molecular flexibility index (Phi) is 10.1. The van der Waals surface area contributed by atoms with Crippen molar-refractivity contribution in [2.24, 2.45) is 0 Å². The van der Waals surface area contributed by atoms with Gasteiger partial charge in [-0.1, -0.05) is 30.3 Å². The van der Waals surface area contributed by atoms with Crippen LogP contribution in [-0.2, 0) is 23.8 Å². The second-order valence-corrected chi connectivity index (χ2v) is 13.3. The highest BCUT2D eigenvalue weighted by Gasteiger charge is 2.24. The van der Waals surface area contributed by atoms with Gasteiger partial charge in [0, 0.05) is 36.1 Å². The predicted octanol–water partition coefficient (Wildman–Crippen LogP) is 6.44. The molecule has 1 unspecified atom stereocenters. The zero-order valence-corrected chi connectivity index (χ0v) is 26.9. The zero-order valence-electron chi connectivity index (χ0n) is 26.0. The molecule has 1 aliphatic heterocycles. The molecule has 0 aromatic heterocycles. The monoisotopic (exact) mass is 650 g/mol. The van der Waals surface area contributed by atoms with Gasteiger partial charge in [-0.05, 0) is 117 Å². The summed E-state index contributed by atoms with van der Waals surface area (Å²) in [5.41, 5.74) is 5.06. The van der Waals surface area contributed by atoms with Gasteiger partial charge < -0.3 is 20.6 Å². The number of carboxylic acids is 1. The molecular formula is C37H38N4O5S. The predicted molar refractivity (Wildman–Crippen MR) is 185 cm³/mol. The quantitative estimate of drug-likeness (QED) is 0.140. The Morgan fingerprint density at radius 1 is 0.745 bits per heavy atom. The highest BCUT2D eigenvalue weighted by Crippen LogP contribution is 2.28. The molecule has 2 amide bonds. The van der Waals surface area contributed by atoms with Gasteiger partial charge in [-0.25, -0.2) is 13.7 Å². The number of nitrogens with one attached hydrogen (secondary N) is 3. The Morgan fingerprint density at radius 3 is 2.09 bits per heavy atom. The molecule has 4 N–H and O–H groups in total. The summed E-state index contributed by atoms with van der Waals surface area (Å²) in [7, 11) is -1.40. The first-order valence-corrected chi connectivity index (χ1v) is 17.2. The van der Waals surface area contributed by atoms with E-state index in [0.717, 1.165) is 68.4 Å². The van der Waals surface area contributed by atoms with Crippen molar-refractivity contribution in [1.29, 1.82) is 0 Å². The normalized spacial score (nSPS) is 15.1. The van der Waals surface area contributed by atoms with E-state index in [-0.39, 0.29) is 17.5 Å². The van der Waals surface area contributed by atoms with Gasteiger partial charge in [-0.2, -0.15) is 0 Å². The number of carboxylic acid groups (broad SMARTS) is 1. The number of aromatic carboxylic acids is 1. The molecule has 6 rings (SSSR count). The lowest BCUT2D eigenvalue weighted by Gasteiger charge is -2.29. The van der Waals surface area contributed by atoms with Gasteiger partial charge in [0.25, 0.3) is 11.8 Å². The Hall–Kier alpha value is -4.80. The molecule has 1 aliphatic carbocycles. The molecule has 10 heteroatoms. The summed E-state index contributed by atoms with van der Waals surface area (Å²) in [6.07, 6.45) is 6.89. The van der Waals surface area contributed by atoms with E-state index in [2.05, 4.69) is 20.3 Å². The van der Waals surface area contributed by atoms with Crippen LogP contribution in [0.1, 0.15) is 74.3 Å². The van der Waals surface area contributed by atoms with Gasteiger partial charge >= 0.3 is 5.97 Å². The van der Waals surface area contributed by atoms with Crippen molar-refractivity contribution in [3.8, 4) is 0 Å². The number of rotatable bonds is 12. The van der Waals surface area contributed by atoms with Crippen LogP contribution in [0.4, 0.5) is 17.1 Å². The fourth-order valence-electron chi connectivity index (χ4n) is 5.60. The largest absolute Gasteiger partial charge is 0.478 e. The first-order chi connectivity index (χ1) is 22.8. The molecule has 2 aliphatic rings. The summed E-state index contributed by atoms with van der Waals surface area (Å²) < 4.78 is 15.7. The van der Waals surface area contributed by atoms with E-state index < -0.39 is 22.9 Å². The molecule has 1 heterocycles. The summed E-state index contributed by atoms with van der Waals surface area (Å²) in [4.78, 5) is 41.0. The molecule has 1 saturated heterocycles. The maximum atomic E-state index is 13.7. The van der Waals surface area contributed by atoms with Gasteiger partial charge in [-0.15, -0.1) is 0 Å². The Balaban J connectivity index is 1.16. The number of anilines is 3. The Morgan fingerprint density at radius 2 is 1.43 bits per heavy atom. The van der Waals surface area contributed by atoms with Crippen molar-refractivity contribution in [3.63, 3.8) is 0 Å². The van der Waals surface area contributed by atoms with Gasteiger partial charge in [0.05, 0.1) is 21.7 Å². The van der Waals surface area contributed by atoms with Crippen molar-refractivity contribution < 1.29 is 23.7 Å². The van der Waals surface area contributed by atoms with E-state index in [1.54, 1.807) is 42.5 Å². The summed E-state index contributed by atoms with van der Waals surface area (Å²) in [6.45, 7) is 1.83. The smallest absolute Gasteiger partial charge is 0.335 e. The molecule has 9 nitrogen and oxygen atoms in total. The van der Waals surface area contributed by atoms with Crippen LogP contribution in [0.5, 0.6) is 0 Å². The minimum atomic E-state index is -1.40. The first-order valence-electron chi connectivity index (χ1n) is 16.0. The molecule has 0 bridgehead atoms. The first kappa shape index (κ1) is 32.2. The van der Waals surface area contributed by atoms with Gasteiger partial charge in [0.15, 0.2) is 0 Å². The molecule has 1 atom stereocenters. The van der Waals surface area contributed by atoms with E-state index in [1.165, 1.54) is 6.42 Å². The number of piperidine rings is 1. The second kappa shape index (κ2) is 14.7. The number of amides is 2.